The summed E-state index contributed by atoms with van der Waals surface area (Å²) in [6, 6.07) is 11.4. The summed E-state index contributed by atoms with van der Waals surface area (Å²) in [5.74, 6) is -0.0975. The maximum absolute atomic E-state index is 13.7. The molecule has 1 atom stereocenters. The molecule has 3 heteroatoms. The van der Waals surface area contributed by atoms with Gasteiger partial charge in [-0.25, -0.2) is 4.39 Å². The molecular weight excluding hydrogens is 253 g/mol. The zero-order valence-electron chi connectivity index (χ0n) is 12.3. The molecule has 106 valence electrons. The van der Waals surface area contributed by atoms with Gasteiger partial charge in [-0.2, -0.15) is 0 Å². The van der Waals surface area contributed by atoms with Crippen molar-refractivity contribution in [3.05, 3.63) is 58.9 Å². The van der Waals surface area contributed by atoms with Crippen molar-refractivity contribution in [2.75, 3.05) is 12.4 Å². The molecule has 0 radical (unpaired) electrons. The van der Waals surface area contributed by atoms with Crippen LogP contribution in [0, 0.1) is 19.7 Å². The maximum atomic E-state index is 13.7. The summed E-state index contributed by atoms with van der Waals surface area (Å²) in [6.45, 7) is 6.23. The van der Waals surface area contributed by atoms with Gasteiger partial charge in [-0.3, -0.25) is 0 Å². The normalized spacial score (nSPS) is 12.1. The number of benzene rings is 2. The van der Waals surface area contributed by atoms with Crippen LogP contribution in [0.1, 0.15) is 29.7 Å². The van der Waals surface area contributed by atoms with Crippen molar-refractivity contribution in [1.82, 2.24) is 0 Å². The lowest BCUT2D eigenvalue weighted by Gasteiger charge is -2.17. The zero-order chi connectivity index (χ0) is 14.7. The lowest BCUT2D eigenvalue weighted by atomic mass is 10.0. The summed E-state index contributed by atoms with van der Waals surface area (Å²) < 4.78 is 18.6. The van der Waals surface area contributed by atoms with E-state index in [1.165, 1.54) is 29.9 Å². The Morgan fingerprint density at radius 3 is 2.25 bits per heavy atom. The molecule has 2 aromatic rings. The van der Waals surface area contributed by atoms with Gasteiger partial charge in [0.2, 0.25) is 0 Å². The van der Waals surface area contributed by atoms with Gasteiger partial charge in [-0.1, -0.05) is 29.3 Å². The third-order valence-electron chi connectivity index (χ3n) is 3.28. The largest absolute Gasteiger partial charge is 0.494 e. The number of hydrogen-bond donors (Lipinski definition) is 1. The Bertz CT molecular complexity index is 590. The average molecular weight is 273 g/mol. The van der Waals surface area contributed by atoms with Crippen molar-refractivity contribution in [2.24, 2.45) is 0 Å². The summed E-state index contributed by atoms with van der Waals surface area (Å²) >= 11 is 0. The molecule has 0 heterocycles. The van der Waals surface area contributed by atoms with E-state index in [-0.39, 0.29) is 17.6 Å². The van der Waals surface area contributed by atoms with Crippen molar-refractivity contribution < 1.29 is 9.13 Å². The van der Waals surface area contributed by atoms with Crippen molar-refractivity contribution in [1.29, 1.82) is 0 Å². The summed E-state index contributed by atoms with van der Waals surface area (Å²) in [5, 5.41) is 3.31. The molecule has 1 unspecified atom stereocenters. The minimum absolute atomic E-state index is 0.112. The molecule has 0 aromatic heterocycles. The zero-order valence-corrected chi connectivity index (χ0v) is 12.3. The molecule has 0 aliphatic heterocycles. The Kier molecular flexibility index (Phi) is 4.28. The molecule has 0 aliphatic carbocycles. The molecule has 0 amide bonds. The van der Waals surface area contributed by atoms with E-state index in [1.54, 1.807) is 6.07 Å². The van der Waals surface area contributed by atoms with E-state index in [4.69, 9.17) is 4.74 Å². The first-order chi connectivity index (χ1) is 9.49. The van der Waals surface area contributed by atoms with Crippen LogP contribution >= 0.6 is 0 Å². The average Bonchev–Trinajstić information content (AvgIpc) is 2.37. The fraction of sp³-hybridized carbons (Fsp3) is 0.294. The van der Waals surface area contributed by atoms with E-state index in [0.29, 0.717) is 0 Å². The van der Waals surface area contributed by atoms with Crippen LogP contribution in [-0.4, -0.2) is 7.11 Å². The van der Waals surface area contributed by atoms with Crippen LogP contribution in [0.25, 0.3) is 0 Å². The molecule has 0 aliphatic rings. The van der Waals surface area contributed by atoms with Crippen LogP contribution < -0.4 is 10.1 Å². The van der Waals surface area contributed by atoms with E-state index in [2.05, 4.69) is 44.3 Å². The second-order valence-electron chi connectivity index (χ2n) is 5.14. The summed E-state index contributed by atoms with van der Waals surface area (Å²) in [7, 11) is 1.46. The minimum atomic E-state index is -0.356. The number of ether oxygens (including phenoxy) is 1. The number of hydrogen-bond acceptors (Lipinski definition) is 2. The van der Waals surface area contributed by atoms with Gasteiger partial charge in [-0.15, -0.1) is 0 Å². The highest BCUT2D eigenvalue weighted by Crippen LogP contribution is 2.25. The minimum Gasteiger partial charge on any atom is -0.494 e. The molecular formula is C17H20FNO. The Balaban J connectivity index is 2.18. The van der Waals surface area contributed by atoms with Crippen LogP contribution in [0.4, 0.5) is 10.1 Å². The fourth-order valence-corrected chi connectivity index (χ4v) is 2.35. The quantitative estimate of drug-likeness (QED) is 0.877. The Morgan fingerprint density at radius 1 is 1.05 bits per heavy atom. The molecule has 2 aromatic carbocycles. The number of rotatable bonds is 4. The Morgan fingerprint density at radius 2 is 1.70 bits per heavy atom. The summed E-state index contributed by atoms with van der Waals surface area (Å²) in [4.78, 5) is 0. The molecule has 0 saturated carbocycles. The predicted molar refractivity (Wildman–Crippen MR) is 80.9 cm³/mol. The molecule has 2 nitrogen and oxygen atoms in total. The number of methoxy groups -OCH3 is 1. The van der Waals surface area contributed by atoms with E-state index >= 15 is 0 Å². The summed E-state index contributed by atoms with van der Waals surface area (Å²) in [6.07, 6.45) is 0. The first-order valence-corrected chi connectivity index (χ1v) is 6.68. The second-order valence-corrected chi connectivity index (χ2v) is 5.14. The highest BCUT2D eigenvalue weighted by molar-refractivity contribution is 5.49. The van der Waals surface area contributed by atoms with Gasteiger partial charge in [-0.05, 0) is 38.5 Å². The van der Waals surface area contributed by atoms with Crippen LogP contribution in [0.2, 0.25) is 0 Å². The summed E-state index contributed by atoms with van der Waals surface area (Å²) in [5.41, 5.74) is 4.40. The highest BCUT2D eigenvalue weighted by atomic mass is 19.1. The van der Waals surface area contributed by atoms with Gasteiger partial charge in [0, 0.05) is 17.8 Å². The monoisotopic (exact) mass is 273 g/mol. The SMILES string of the molecule is COc1ccc(NC(C)c2cc(C)cc(C)c2)cc1F. The molecule has 0 saturated heterocycles. The van der Waals surface area contributed by atoms with E-state index in [0.717, 1.165) is 5.69 Å². The molecule has 0 bridgehead atoms. The number of halogens is 1. The van der Waals surface area contributed by atoms with Crippen molar-refractivity contribution in [3.8, 4) is 5.75 Å². The van der Waals surface area contributed by atoms with Gasteiger partial charge >= 0.3 is 0 Å². The molecule has 0 fully saturated rings. The van der Waals surface area contributed by atoms with Crippen molar-refractivity contribution in [3.63, 3.8) is 0 Å². The molecule has 2 rings (SSSR count). The van der Waals surface area contributed by atoms with Gasteiger partial charge in [0.15, 0.2) is 11.6 Å². The predicted octanol–water partition coefficient (Wildman–Crippen LogP) is 4.62. The van der Waals surface area contributed by atoms with Crippen molar-refractivity contribution >= 4 is 5.69 Å². The van der Waals surface area contributed by atoms with Crippen LogP contribution in [0.3, 0.4) is 0 Å². The molecule has 20 heavy (non-hydrogen) atoms. The standard InChI is InChI=1S/C17H20FNO/c1-11-7-12(2)9-14(8-11)13(3)19-15-5-6-17(20-4)16(18)10-15/h5-10,13,19H,1-4H3. The van der Waals surface area contributed by atoms with Gasteiger partial charge in [0.1, 0.15) is 0 Å². The lowest BCUT2D eigenvalue weighted by molar-refractivity contribution is 0.386. The second kappa shape index (κ2) is 5.95. The Labute approximate surface area is 119 Å². The molecule has 1 N–H and O–H groups in total. The first kappa shape index (κ1) is 14.4. The molecule has 0 spiro atoms. The number of aryl methyl sites for hydroxylation is 2. The van der Waals surface area contributed by atoms with Crippen LogP contribution in [0.15, 0.2) is 36.4 Å². The number of anilines is 1. The van der Waals surface area contributed by atoms with E-state index in [9.17, 15) is 4.39 Å². The van der Waals surface area contributed by atoms with Crippen molar-refractivity contribution in [2.45, 2.75) is 26.8 Å². The van der Waals surface area contributed by atoms with E-state index in [1.807, 2.05) is 6.07 Å². The Hall–Kier alpha value is -2.03. The highest BCUT2D eigenvalue weighted by Gasteiger charge is 2.09. The van der Waals surface area contributed by atoms with Crippen LogP contribution in [0.5, 0.6) is 5.75 Å². The fourth-order valence-electron chi connectivity index (χ4n) is 2.35. The lowest BCUT2D eigenvalue weighted by Crippen LogP contribution is -2.07. The third-order valence-corrected chi connectivity index (χ3v) is 3.28. The van der Waals surface area contributed by atoms with Crippen LogP contribution in [-0.2, 0) is 0 Å². The number of nitrogens with one attached hydrogen (secondary N) is 1. The van der Waals surface area contributed by atoms with Gasteiger partial charge < -0.3 is 10.1 Å². The smallest absolute Gasteiger partial charge is 0.167 e. The van der Waals surface area contributed by atoms with Gasteiger partial charge in [0.05, 0.1) is 7.11 Å². The maximum Gasteiger partial charge on any atom is 0.167 e. The van der Waals surface area contributed by atoms with Gasteiger partial charge in [0.25, 0.3) is 0 Å². The topological polar surface area (TPSA) is 21.3 Å². The first-order valence-electron chi connectivity index (χ1n) is 6.68. The van der Waals surface area contributed by atoms with E-state index < -0.39 is 0 Å². The third kappa shape index (κ3) is 3.29.